The summed E-state index contributed by atoms with van der Waals surface area (Å²) in [6.45, 7) is 6.28. The van der Waals surface area contributed by atoms with Crippen LogP contribution in [0.25, 0.3) is 0 Å². The van der Waals surface area contributed by atoms with Gasteiger partial charge in [0.2, 0.25) is 0 Å². The van der Waals surface area contributed by atoms with Gasteiger partial charge in [-0.3, -0.25) is 9.59 Å². The van der Waals surface area contributed by atoms with Crippen LogP contribution in [0.4, 0.5) is 5.69 Å². The number of benzene rings is 3. The molecule has 1 heterocycles. The largest absolute Gasteiger partial charge is 0.492 e. The summed E-state index contributed by atoms with van der Waals surface area (Å²) in [6, 6.07) is 20.4. The highest BCUT2D eigenvalue weighted by atomic mass is 16.5. The van der Waals surface area contributed by atoms with Crippen LogP contribution in [0, 0.1) is 20.8 Å². The number of amides is 1. The van der Waals surface area contributed by atoms with Crippen molar-refractivity contribution in [2.75, 3.05) is 18.1 Å². The number of hydrogen-bond donors (Lipinski definition) is 1. The molecule has 0 spiro atoms. The number of anilines is 1. The first-order valence-corrected chi connectivity index (χ1v) is 10.7. The smallest absolute Gasteiger partial charge is 0.264 e. The molecule has 1 atom stereocenters. The molecule has 1 aliphatic heterocycles. The average molecular weight is 430 g/mol. The summed E-state index contributed by atoms with van der Waals surface area (Å²) in [5, 5.41) is 11.5. The van der Waals surface area contributed by atoms with Crippen molar-refractivity contribution in [1.29, 1.82) is 0 Å². The third kappa shape index (κ3) is 3.92. The molecule has 1 N–H and O–H groups in total. The second kappa shape index (κ2) is 8.60. The molecule has 0 radical (unpaired) electrons. The summed E-state index contributed by atoms with van der Waals surface area (Å²) in [4.78, 5) is 28.2. The van der Waals surface area contributed by atoms with Gasteiger partial charge in [-0.05, 0) is 50.1 Å². The minimum absolute atomic E-state index is 0.243. The van der Waals surface area contributed by atoms with Gasteiger partial charge in [-0.1, -0.05) is 54.1 Å². The summed E-state index contributed by atoms with van der Waals surface area (Å²) in [7, 11) is 0. The third-order valence-electron chi connectivity index (χ3n) is 5.94. The van der Waals surface area contributed by atoms with Gasteiger partial charge in [-0.15, -0.1) is 0 Å². The maximum absolute atomic E-state index is 13.4. The lowest BCUT2D eigenvalue weighted by atomic mass is 9.85. The molecular weight excluding hydrogens is 402 g/mol. The second-order valence-electron chi connectivity index (χ2n) is 8.37. The van der Waals surface area contributed by atoms with Gasteiger partial charge in [-0.2, -0.15) is 0 Å². The lowest BCUT2D eigenvalue weighted by Crippen LogP contribution is -2.43. The van der Waals surface area contributed by atoms with E-state index in [0.717, 1.165) is 16.7 Å². The SMILES string of the molecule is Cc1cc(C)c(C(=O)CC2(O)C(=O)N(CCOc3ccccc3)c3ccccc32)c(C)c1. The van der Waals surface area contributed by atoms with Crippen LogP contribution in [0.5, 0.6) is 5.75 Å². The number of ketones is 1. The number of para-hydroxylation sites is 2. The molecule has 3 aromatic rings. The predicted molar refractivity (Wildman–Crippen MR) is 124 cm³/mol. The molecule has 0 bridgehead atoms. The zero-order valence-electron chi connectivity index (χ0n) is 18.6. The van der Waals surface area contributed by atoms with E-state index in [1.807, 2.05) is 69.3 Å². The first-order valence-electron chi connectivity index (χ1n) is 10.7. The Kier molecular flexibility index (Phi) is 5.85. The Bertz CT molecular complexity index is 1150. The van der Waals surface area contributed by atoms with Gasteiger partial charge in [0.1, 0.15) is 12.4 Å². The van der Waals surface area contributed by atoms with Crippen LogP contribution < -0.4 is 9.64 Å². The van der Waals surface area contributed by atoms with E-state index in [2.05, 4.69) is 0 Å². The minimum Gasteiger partial charge on any atom is -0.492 e. The van der Waals surface area contributed by atoms with Gasteiger partial charge in [0.25, 0.3) is 5.91 Å². The molecule has 0 fully saturated rings. The van der Waals surface area contributed by atoms with Crippen molar-refractivity contribution in [3.63, 3.8) is 0 Å². The molecule has 5 heteroatoms. The van der Waals surface area contributed by atoms with Gasteiger partial charge in [0.15, 0.2) is 11.4 Å². The molecule has 3 aromatic carbocycles. The van der Waals surface area contributed by atoms with Crippen LogP contribution in [0.2, 0.25) is 0 Å². The molecule has 4 rings (SSSR count). The average Bonchev–Trinajstić information content (AvgIpc) is 2.95. The third-order valence-corrected chi connectivity index (χ3v) is 5.94. The lowest BCUT2D eigenvalue weighted by Gasteiger charge is -2.23. The molecule has 5 nitrogen and oxygen atoms in total. The first-order chi connectivity index (χ1) is 15.3. The van der Waals surface area contributed by atoms with Crippen molar-refractivity contribution >= 4 is 17.4 Å². The Morgan fingerprint density at radius 3 is 2.28 bits per heavy atom. The highest BCUT2D eigenvalue weighted by molar-refractivity contribution is 6.11. The molecule has 1 amide bonds. The minimum atomic E-state index is -1.90. The number of aliphatic hydroxyl groups is 1. The Morgan fingerprint density at radius 1 is 0.969 bits per heavy atom. The van der Waals surface area contributed by atoms with Crippen LogP contribution in [-0.2, 0) is 10.4 Å². The van der Waals surface area contributed by atoms with Crippen LogP contribution in [0.1, 0.15) is 39.0 Å². The first kappa shape index (κ1) is 21.8. The molecule has 0 saturated carbocycles. The number of carbonyl (C=O) groups is 2. The summed E-state index contributed by atoms with van der Waals surface area (Å²) >= 11 is 0. The van der Waals surface area contributed by atoms with E-state index >= 15 is 0 Å². The predicted octanol–water partition coefficient (Wildman–Crippen LogP) is 4.50. The van der Waals surface area contributed by atoms with Crippen LogP contribution in [-0.4, -0.2) is 29.9 Å². The van der Waals surface area contributed by atoms with Gasteiger partial charge in [0.05, 0.1) is 18.7 Å². The number of ether oxygens (including phenoxy) is 1. The zero-order valence-corrected chi connectivity index (χ0v) is 18.6. The molecule has 32 heavy (non-hydrogen) atoms. The normalized spacial score (nSPS) is 17.4. The van der Waals surface area contributed by atoms with Gasteiger partial charge in [-0.25, -0.2) is 0 Å². The summed E-state index contributed by atoms with van der Waals surface area (Å²) < 4.78 is 5.75. The quantitative estimate of drug-likeness (QED) is 0.562. The van der Waals surface area contributed by atoms with Crippen LogP contribution >= 0.6 is 0 Å². The van der Waals surface area contributed by atoms with Gasteiger partial charge >= 0.3 is 0 Å². The van der Waals surface area contributed by atoms with Crippen molar-refractivity contribution in [1.82, 2.24) is 0 Å². The summed E-state index contributed by atoms with van der Waals surface area (Å²) in [5.74, 6) is -0.0256. The van der Waals surface area contributed by atoms with Crippen LogP contribution in [0.15, 0.2) is 66.7 Å². The van der Waals surface area contributed by atoms with Crippen molar-refractivity contribution in [2.24, 2.45) is 0 Å². The summed E-state index contributed by atoms with van der Waals surface area (Å²) in [5.41, 5.74) is 2.51. The Hall–Kier alpha value is -3.44. The van der Waals surface area contributed by atoms with Crippen molar-refractivity contribution in [3.05, 3.63) is 94.5 Å². The Labute approximate surface area is 188 Å². The molecule has 164 valence electrons. The van der Waals surface area contributed by atoms with Crippen molar-refractivity contribution < 1.29 is 19.4 Å². The Morgan fingerprint density at radius 2 is 1.59 bits per heavy atom. The van der Waals surface area contributed by atoms with E-state index < -0.39 is 11.5 Å². The van der Waals surface area contributed by atoms with Crippen molar-refractivity contribution in [3.8, 4) is 5.75 Å². The van der Waals surface area contributed by atoms with Gasteiger partial charge < -0.3 is 14.7 Å². The van der Waals surface area contributed by atoms with Crippen LogP contribution in [0.3, 0.4) is 0 Å². The second-order valence-corrected chi connectivity index (χ2v) is 8.37. The standard InChI is InChI=1S/C27H27NO4/c1-18-15-19(2)25(20(3)16-18)24(29)17-27(31)22-11-7-8-12-23(22)28(26(27)30)13-14-32-21-9-5-4-6-10-21/h4-12,15-16,31H,13-14,17H2,1-3H3. The molecular formula is C27H27NO4. The number of rotatable bonds is 7. The number of Topliss-reactive ketones (excluding diaryl/α,β-unsaturated/α-hetero) is 1. The molecule has 0 aromatic heterocycles. The summed E-state index contributed by atoms with van der Waals surface area (Å²) in [6.07, 6.45) is -0.302. The number of nitrogens with zero attached hydrogens (tertiary/aromatic N) is 1. The van der Waals surface area contributed by atoms with E-state index in [4.69, 9.17) is 4.74 Å². The van der Waals surface area contributed by atoms with Crippen molar-refractivity contribution in [2.45, 2.75) is 32.8 Å². The fraction of sp³-hybridized carbons (Fsp3) is 0.259. The topological polar surface area (TPSA) is 66.8 Å². The number of hydrogen-bond acceptors (Lipinski definition) is 4. The van der Waals surface area contributed by atoms with E-state index in [1.165, 1.54) is 4.90 Å². The molecule has 1 aliphatic rings. The maximum Gasteiger partial charge on any atom is 0.264 e. The lowest BCUT2D eigenvalue weighted by molar-refractivity contribution is -0.135. The maximum atomic E-state index is 13.4. The van der Waals surface area contributed by atoms with E-state index in [9.17, 15) is 14.7 Å². The number of aryl methyl sites for hydroxylation is 3. The van der Waals surface area contributed by atoms with Gasteiger partial charge in [0, 0.05) is 11.1 Å². The van der Waals surface area contributed by atoms with E-state index in [-0.39, 0.29) is 25.4 Å². The Balaban J connectivity index is 1.58. The highest BCUT2D eigenvalue weighted by Crippen LogP contribution is 2.43. The fourth-order valence-corrected chi connectivity index (χ4v) is 4.61. The zero-order chi connectivity index (χ0) is 22.9. The van der Waals surface area contributed by atoms with E-state index in [0.29, 0.717) is 22.6 Å². The monoisotopic (exact) mass is 429 g/mol. The number of carbonyl (C=O) groups excluding carboxylic acids is 2. The highest BCUT2D eigenvalue weighted by Gasteiger charge is 2.50. The molecule has 0 aliphatic carbocycles. The number of fused-ring (bicyclic) bond motifs is 1. The fourth-order valence-electron chi connectivity index (χ4n) is 4.61. The van der Waals surface area contributed by atoms with E-state index in [1.54, 1.807) is 18.2 Å². The molecule has 1 unspecified atom stereocenters. The molecule has 0 saturated heterocycles.